The zero-order valence-electron chi connectivity index (χ0n) is 11.3. The van der Waals surface area contributed by atoms with Crippen LogP contribution in [0, 0.1) is 11.7 Å². The van der Waals surface area contributed by atoms with Crippen molar-refractivity contribution >= 4 is 0 Å². The molecule has 2 aliphatic heterocycles. The Labute approximate surface area is 113 Å². The zero-order chi connectivity index (χ0) is 13.4. The van der Waals surface area contributed by atoms with Gasteiger partial charge in [-0.3, -0.25) is 4.90 Å². The van der Waals surface area contributed by atoms with Gasteiger partial charge in [-0.05, 0) is 38.3 Å². The van der Waals surface area contributed by atoms with Crippen molar-refractivity contribution in [1.82, 2.24) is 10.2 Å². The normalized spacial score (nSPS) is 29.2. The summed E-state index contributed by atoms with van der Waals surface area (Å²) in [5.41, 5.74) is 0.677. The number of halogens is 1. The van der Waals surface area contributed by atoms with E-state index >= 15 is 0 Å². The summed E-state index contributed by atoms with van der Waals surface area (Å²) in [6.07, 6.45) is 2.52. The molecule has 1 aromatic carbocycles. The number of phenolic OH excluding ortho intramolecular Hbond substituents is 1. The molecule has 2 aliphatic rings. The van der Waals surface area contributed by atoms with Crippen LogP contribution in [0.3, 0.4) is 0 Å². The molecular formula is C15H21FN2O. The first-order chi connectivity index (χ1) is 9.15. The first kappa shape index (κ1) is 12.9. The highest BCUT2D eigenvalue weighted by atomic mass is 19.1. The quantitative estimate of drug-likeness (QED) is 0.860. The van der Waals surface area contributed by atoms with Gasteiger partial charge in [-0.15, -0.1) is 0 Å². The second-order valence-corrected chi connectivity index (χ2v) is 5.80. The maximum Gasteiger partial charge on any atom is 0.131 e. The SMILES string of the molecule is CC(c1ccc(O)cc1F)N1CC2CCCNC2C1. The number of hydrogen-bond donors (Lipinski definition) is 2. The van der Waals surface area contributed by atoms with Crippen molar-refractivity contribution < 1.29 is 9.50 Å². The van der Waals surface area contributed by atoms with Crippen molar-refractivity contribution in [2.45, 2.75) is 31.8 Å². The third kappa shape index (κ3) is 2.47. The van der Waals surface area contributed by atoms with E-state index in [1.165, 1.54) is 18.9 Å². The van der Waals surface area contributed by atoms with Crippen molar-refractivity contribution in [3.63, 3.8) is 0 Å². The second-order valence-electron chi connectivity index (χ2n) is 5.80. The first-order valence-electron chi connectivity index (χ1n) is 7.11. The highest BCUT2D eigenvalue weighted by Crippen LogP contribution is 2.33. The number of phenols is 1. The van der Waals surface area contributed by atoms with Gasteiger partial charge in [-0.25, -0.2) is 4.39 Å². The number of benzene rings is 1. The van der Waals surface area contributed by atoms with Gasteiger partial charge in [0.2, 0.25) is 0 Å². The van der Waals surface area contributed by atoms with Gasteiger partial charge in [0.25, 0.3) is 0 Å². The lowest BCUT2D eigenvalue weighted by Gasteiger charge is -2.25. The average molecular weight is 264 g/mol. The van der Waals surface area contributed by atoms with E-state index in [-0.39, 0.29) is 17.6 Å². The van der Waals surface area contributed by atoms with Crippen molar-refractivity contribution in [1.29, 1.82) is 0 Å². The van der Waals surface area contributed by atoms with Gasteiger partial charge >= 0.3 is 0 Å². The van der Waals surface area contributed by atoms with Crippen molar-refractivity contribution in [3.05, 3.63) is 29.6 Å². The van der Waals surface area contributed by atoms with Crippen LogP contribution >= 0.6 is 0 Å². The number of aromatic hydroxyl groups is 1. The molecule has 2 N–H and O–H groups in total. The minimum atomic E-state index is -0.310. The summed E-state index contributed by atoms with van der Waals surface area (Å²) < 4.78 is 13.9. The van der Waals surface area contributed by atoms with E-state index in [2.05, 4.69) is 10.2 Å². The molecule has 0 bridgehead atoms. The Hall–Kier alpha value is -1.13. The first-order valence-corrected chi connectivity index (χ1v) is 7.11. The summed E-state index contributed by atoms with van der Waals surface area (Å²) in [5, 5.41) is 12.9. The molecule has 0 aromatic heterocycles. The Morgan fingerprint density at radius 2 is 2.26 bits per heavy atom. The van der Waals surface area contributed by atoms with Crippen LogP contribution in [-0.2, 0) is 0 Å². The number of nitrogens with one attached hydrogen (secondary N) is 1. The highest BCUT2D eigenvalue weighted by Gasteiger charge is 2.36. The highest BCUT2D eigenvalue weighted by molar-refractivity contribution is 5.29. The average Bonchev–Trinajstić information content (AvgIpc) is 2.81. The monoisotopic (exact) mass is 264 g/mol. The van der Waals surface area contributed by atoms with Gasteiger partial charge in [0.15, 0.2) is 0 Å². The summed E-state index contributed by atoms with van der Waals surface area (Å²) in [6, 6.07) is 5.10. The number of fused-ring (bicyclic) bond motifs is 1. The van der Waals surface area contributed by atoms with Crippen LogP contribution in [0.25, 0.3) is 0 Å². The summed E-state index contributed by atoms with van der Waals surface area (Å²) in [7, 11) is 0. The molecule has 2 heterocycles. The molecule has 4 heteroatoms. The Kier molecular flexibility index (Phi) is 3.46. The molecule has 104 valence electrons. The number of rotatable bonds is 2. The minimum Gasteiger partial charge on any atom is -0.508 e. The summed E-state index contributed by atoms with van der Waals surface area (Å²) in [5.74, 6) is 0.386. The maximum absolute atomic E-state index is 13.9. The summed E-state index contributed by atoms with van der Waals surface area (Å²) >= 11 is 0. The van der Waals surface area contributed by atoms with E-state index < -0.39 is 0 Å². The number of nitrogens with zero attached hydrogens (tertiary/aromatic N) is 1. The minimum absolute atomic E-state index is 0.00907. The zero-order valence-corrected chi connectivity index (χ0v) is 11.3. The fraction of sp³-hybridized carbons (Fsp3) is 0.600. The number of piperidine rings is 1. The molecular weight excluding hydrogens is 243 g/mol. The van der Waals surface area contributed by atoms with E-state index in [4.69, 9.17) is 0 Å². The fourth-order valence-electron chi connectivity index (χ4n) is 3.45. The molecule has 0 amide bonds. The van der Waals surface area contributed by atoms with Crippen molar-refractivity contribution in [2.75, 3.05) is 19.6 Å². The Bertz CT molecular complexity index is 451. The molecule has 3 nitrogen and oxygen atoms in total. The molecule has 1 aromatic rings. The smallest absolute Gasteiger partial charge is 0.131 e. The number of likely N-dealkylation sites (tertiary alicyclic amines) is 1. The standard InChI is InChI=1S/C15H21FN2O/c1-10(13-5-4-12(19)7-14(13)16)18-8-11-3-2-6-17-15(11)9-18/h4-5,7,10-11,15,17,19H,2-3,6,8-9H2,1H3. The third-order valence-electron chi connectivity index (χ3n) is 4.61. The second kappa shape index (κ2) is 5.10. The molecule has 3 rings (SSSR count). The largest absolute Gasteiger partial charge is 0.508 e. The molecule has 2 fully saturated rings. The van der Waals surface area contributed by atoms with E-state index in [0.717, 1.165) is 19.6 Å². The Morgan fingerprint density at radius 1 is 1.42 bits per heavy atom. The van der Waals surface area contributed by atoms with Gasteiger partial charge in [0.1, 0.15) is 11.6 Å². The third-order valence-corrected chi connectivity index (χ3v) is 4.61. The van der Waals surface area contributed by atoms with Gasteiger partial charge in [-0.2, -0.15) is 0 Å². The lowest BCUT2D eigenvalue weighted by Crippen LogP contribution is -2.40. The van der Waals surface area contributed by atoms with Gasteiger partial charge in [-0.1, -0.05) is 6.07 Å². The van der Waals surface area contributed by atoms with Crippen LogP contribution < -0.4 is 5.32 Å². The molecule has 3 atom stereocenters. The van der Waals surface area contributed by atoms with Crippen LogP contribution in [0.15, 0.2) is 18.2 Å². The van der Waals surface area contributed by atoms with Gasteiger partial charge in [0.05, 0.1) is 0 Å². The molecule has 2 saturated heterocycles. The molecule has 0 spiro atoms. The maximum atomic E-state index is 13.9. The lowest BCUT2D eigenvalue weighted by atomic mass is 9.94. The molecule has 0 saturated carbocycles. The van der Waals surface area contributed by atoms with E-state index in [1.54, 1.807) is 12.1 Å². The number of hydrogen-bond acceptors (Lipinski definition) is 3. The predicted octanol–water partition coefficient (Wildman–Crippen LogP) is 2.28. The van der Waals surface area contributed by atoms with Crippen molar-refractivity contribution in [2.24, 2.45) is 5.92 Å². The molecule has 0 aliphatic carbocycles. The lowest BCUT2D eigenvalue weighted by molar-refractivity contribution is 0.245. The van der Waals surface area contributed by atoms with Crippen LogP contribution in [0.1, 0.15) is 31.4 Å². The van der Waals surface area contributed by atoms with E-state index in [9.17, 15) is 9.50 Å². The topological polar surface area (TPSA) is 35.5 Å². The Balaban J connectivity index is 1.75. The molecule has 0 radical (unpaired) electrons. The summed E-state index contributed by atoms with van der Waals surface area (Å²) in [4.78, 5) is 2.35. The summed E-state index contributed by atoms with van der Waals surface area (Å²) in [6.45, 7) is 5.19. The van der Waals surface area contributed by atoms with Gasteiger partial charge in [0, 0.05) is 36.8 Å². The van der Waals surface area contributed by atoms with E-state index in [0.29, 0.717) is 17.5 Å². The van der Waals surface area contributed by atoms with Crippen LogP contribution in [0.5, 0.6) is 5.75 Å². The van der Waals surface area contributed by atoms with E-state index in [1.807, 2.05) is 6.92 Å². The van der Waals surface area contributed by atoms with Gasteiger partial charge < -0.3 is 10.4 Å². The van der Waals surface area contributed by atoms with Crippen LogP contribution in [0.4, 0.5) is 4.39 Å². The Morgan fingerprint density at radius 3 is 3.00 bits per heavy atom. The molecule has 19 heavy (non-hydrogen) atoms. The van der Waals surface area contributed by atoms with Crippen molar-refractivity contribution in [3.8, 4) is 5.75 Å². The van der Waals surface area contributed by atoms with Crippen LogP contribution in [0.2, 0.25) is 0 Å². The molecule has 3 unspecified atom stereocenters. The van der Waals surface area contributed by atoms with Crippen LogP contribution in [-0.4, -0.2) is 35.7 Å². The fourth-order valence-corrected chi connectivity index (χ4v) is 3.45. The predicted molar refractivity (Wildman–Crippen MR) is 72.6 cm³/mol.